The zero-order valence-electron chi connectivity index (χ0n) is 14.0. The summed E-state index contributed by atoms with van der Waals surface area (Å²) < 4.78 is 0. The molecule has 1 aliphatic rings. The molecule has 1 aliphatic heterocycles. The Labute approximate surface area is 154 Å². The van der Waals surface area contributed by atoms with Gasteiger partial charge in [0.2, 0.25) is 5.91 Å². The van der Waals surface area contributed by atoms with Gasteiger partial charge in [0.1, 0.15) is 0 Å². The number of H-pyrrole nitrogens is 1. The summed E-state index contributed by atoms with van der Waals surface area (Å²) in [6.07, 6.45) is 5.70. The number of nitrogens with one attached hydrogen (secondary N) is 2. The van der Waals surface area contributed by atoms with Gasteiger partial charge in [-0.05, 0) is 23.4 Å². The van der Waals surface area contributed by atoms with Crippen LogP contribution in [-0.4, -0.2) is 45.0 Å². The predicted molar refractivity (Wildman–Crippen MR) is 99.0 cm³/mol. The molecule has 3 rings (SSSR count). The van der Waals surface area contributed by atoms with E-state index in [1.807, 2.05) is 30.3 Å². The van der Waals surface area contributed by atoms with Crippen molar-refractivity contribution in [1.29, 1.82) is 0 Å². The van der Waals surface area contributed by atoms with Gasteiger partial charge >= 0.3 is 0 Å². The number of benzene rings is 1. The standard InChI is InChI=1S/C18H18N4O3S/c23-16(20-8-6-14-11-19-12-21-14)7-9-22-17(24)15(26-18(22)25)10-13-4-2-1-3-5-13/h1-5,10-12H,6-9H2,(H,19,21)(H,20,23). The Morgan fingerprint density at radius 3 is 2.81 bits per heavy atom. The Bertz CT molecular complexity index is 818. The van der Waals surface area contributed by atoms with Crippen molar-refractivity contribution in [2.45, 2.75) is 12.8 Å². The van der Waals surface area contributed by atoms with E-state index < -0.39 is 0 Å². The van der Waals surface area contributed by atoms with Crippen molar-refractivity contribution < 1.29 is 14.4 Å². The molecule has 0 saturated carbocycles. The number of aromatic amines is 1. The van der Waals surface area contributed by atoms with E-state index in [1.54, 1.807) is 18.6 Å². The highest BCUT2D eigenvalue weighted by Gasteiger charge is 2.34. The summed E-state index contributed by atoms with van der Waals surface area (Å²) in [6.45, 7) is 0.545. The minimum atomic E-state index is -0.353. The van der Waals surface area contributed by atoms with Gasteiger partial charge in [-0.15, -0.1) is 0 Å². The van der Waals surface area contributed by atoms with Crippen LogP contribution in [0, 0.1) is 0 Å². The molecule has 2 heterocycles. The lowest BCUT2D eigenvalue weighted by atomic mass is 10.2. The molecule has 26 heavy (non-hydrogen) atoms. The summed E-state index contributed by atoms with van der Waals surface area (Å²) in [5.74, 6) is -0.551. The normalized spacial score (nSPS) is 15.7. The highest BCUT2D eigenvalue weighted by atomic mass is 32.2. The first-order valence-electron chi connectivity index (χ1n) is 8.18. The number of hydrogen-bond donors (Lipinski definition) is 2. The first kappa shape index (κ1) is 17.9. The predicted octanol–water partition coefficient (Wildman–Crippen LogP) is 2.19. The second kappa shape index (κ2) is 8.48. The largest absolute Gasteiger partial charge is 0.356 e. The van der Waals surface area contributed by atoms with Gasteiger partial charge in [0.05, 0.1) is 11.2 Å². The Balaban J connectivity index is 1.48. The van der Waals surface area contributed by atoms with Crippen molar-refractivity contribution in [3.63, 3.8) is 0 Å². The minimum Gasteiger partial charge on any atom is -0.356 e. The Morgan fingerprint density at radius 1 is 1.27 bits per heavy atom. The number of amides is 3. The number of imidazole rings is 1. The van der Waals surface area contributed by atoms with E-state index in [4.69, 9.17) is 0 Å². The fourth-order valence-corrected chi connectivity index (χ4v) is 3.32. The molecule has 7 nitrogen and oxygen atoms in total. The molecule has 2 aromatic rings. The van der Waals surface area contributed by atoms with Crippen LogP contribution in [0.3, 0.4) is 0 Å². The molecule has 3 amide bonds. The molecule has 1 saturated heterocycles. The van der Waals surface area contributed by atoms with Crippen LogP contribution in [0.25, 0.3) is 6.08 Å². The van der Waals surface area contributed by atoms with Crippen LogP contribution >= 0.6 is 11.8 Å². The number of nitrogens with zero attached hydrogens (tertiary/aromatic N) is 2. The summed E-state index contributed by atoms with van der Waals surface area (Å²) in [5, 5.41) is 2.42. The van der Waals surface area contributed by atoms with E-state index >= 15 is 0 Å². The highest BCUT2D eigenvalue weighted by molar-refractivity contribution is 8.18. The summed E-state index contributed by atoms with van der Waals surface area (Å²) in [7, 11) is 0. The quantitative estimate of drug-likeness (QED) is 0.729. The van der Waals surface area contributed by atoms with Gasteiger partial charge in [0, 0.05) is 37.8 Å². The van der Waals surface area contributed by atoms with Crippen molar-refractivity contribution in [3.8, 4) is 0 Å². The lowest BCUT2D eigenvalue weighted by Crippen LogP contribution is -2.34. The summed E-state index contributed by atoms with van der Waals surface area (Å²) in [4.78, 5) is 44.7. The molecule has 0 radical (unpaired) electrons. The first-order valence-corrected chi connectivity index (χ1v) is 8.99. The van der Waals surface area contributed by atoms with Crippen molar-refractivity contribution in [3.05, 3.63) is 59.0 Å². The average Bonchev–Trinajstić information content (AvgIpc) is 3.23. The fourth-order valence-electron chi connectivity index (χ4n) is 2.45. The molecule has 0 spiro atoms. The van der Waals surface area contributed by atoms with Crippen molar-refractivity contribution in [2.24, 2.45) is 0 Å². The van der Waals surface area contributed by atoms with Crippen LogP contribution < -0.4 is 5.32 Å². The van der Waals surface area contributed by atoms with Crippen molar-refractivity contribution in [2.75, 3.05) is 13.1 Å². The third-order valence-corrected chi connectivity index (χ3v) is 4.71. The van der Waals surface area contributed by atoms with Crippen molar-refractivity contribution >= 4 is 34.9 Å². The van der Waals surface area contributed by atoms with E-state index in [1.165, 1.54) is 0 Å². The van der Waals surface area contributed by atoms with E-state index in [0.29, 0.717) is 17.9 Å². The summed E-state index contributed by atoms with van der Waals surface area (Å²) >= 11 is 0.900. The van der Waals surface area contributed by atoms with E-state index in [2.05, 4.69) is 15.3 Å². The van der Waals surface area contributed by atoms with Crippen LogP contribution in [-0.2, 0) is 16.0 Å². The molecule has 2 N–H and O–H groups in total. The molecule has 134 valence electrons. The maximum absolute atomic E-state index is 12.4. The fraction of sp³-hybridized carbons (Fsp3) is 0.222. The van der Waals surface area contributed by atoms with Gasteiger partial charge in [0.15, 0.2) is 0 Å². The van der Waals surface area contributed by atoms with Gasteiger partial charge in [-0.2, -0.15) is 0 Å². The summed E-state index contributed by atoms with van der Waals surface area (Å²) in [6, 6.07) is 9.34. The Morgan fingerprint density at radius 2 is 2.08 bits per heavy atom. The molecular formula is C18H18N4O3S. The Hall–Kier alpha value is -2.87. The SMILES string of the molecule is O=C(CCN1C(=O)SC(=Cc2ccccc2)C1=O)NCCc1cnc[nH]1. The smallest absolute Gasteiger partial charge is 0.293 e. The van der Waals surface area contributed by atoms with Crippen LogP contribution in [0.4, 0.5) is 4.79 Å². The second-order valence-electron chi connectivity index (χ2n) is 5.67. The minimum absolute atomic E-state index is 0.0761. The topological polar surface area (TPSA) is 95.2 Å². The molecule has 1 aromatic carbocycles. The van der Waals surface area contributed by atoms with E-state index in [-0.39, 0.29) is 30.0 Å². The highest BCUT2D eigenvalue weighted by Crippen LogP contribution is 2.32. The van der Waals surface area contributed by atoms with Crippen molar-refractivity contribution in [1.82, 2.24) is 20.2 Å². The monoisotopic (exact) mass is 370 g/mol. The number of hydrogen-bond acceptors (Lipinski definition) is 5. The maximum atomic E-state index is 12.4. The van der Waals surface area contributed by atoms with Crippen LogP contribution in [0.1, 0.15) is 17.7 Å². The van der Waals surface area contributed by atoms with Crippen LogP contribution in [0.2, 0.25) is 0 Å². The number of imide groups is 1. The molecule has 0 unspecified atom stereocenters. The van der Waals surface area contributed by atoms with Gasteiger partial charge < -0.3 is 10.3 Å². The van der Waals surface area contributed by atoms with E-state index in [0.717, 1.165) is 27.9 Å². The number of rotatable bonds is 7. The Kier molecular flexibility index (Phi) is 5.85. The van der Waals surface area contributed by atoms with Gasteiger partial charge in [-0.1, -0.05) is 30.3 Å². The van der Waals surface area contributed by atoms with Gasteiger partial charge in [-0.3, -0.25) is 19.3 Å². The third-order valence-electron chi connectivity index (χ3n) is 3.80. The van der Waals surface area contributed by atoms with Gasteiger partial charge in [0.25, 0.3) is 11.1 Å². The van der Waals surface area contributed by atoms with Crippen LogP contribution in [0.15, 0.2) is 47.8 Å². The number of carbonyl (C=O) groups excluding carboxylic acids is 3. The average molecular weight is 370 g/mol. The zero-order valence-corrected chi connectivity index (χ0v) is 14.8. The maximum Gasteiger partial charge on any atom is 0.293 e. The number of carbonyl (C=O) groups is 3. The molecule has 0 aliphatic carbocycles. The molecule has 0 atom stereocenters. The molecule has 1 aromatic heterocycles. The lowest BCUT2D eigenvalue weighted by molar-refractivity contribution is -0.124. The number of thioether (sulfide) groups is 1. The van der Waals surface area contributed by atoms with E-state index in [9.17, 15) is 14.4 Å². The first-order chi connectivity index (χ1) is 12.6. The summed E-state index contributed by atoms with van der Waals surface area (Å²) in [5.41, 5.74) is 1.79. The molecule has 0 bridgehead atoms. The lowest BCUT2D eigenvalue weighted by Gasteiger charge is -2.12. The molecular weight excluding hydrogens is 352 g/mol. The van der Waals surface area contributed by atoms with Gasteiger partial charge in [-0.25, -0.2) is 4.98 Å². The molecule has 1 fully saturated rings. The zero-order chi connectivity index (χ0) is 18.4. The molecule has 8 heteroatoms. The number of aromatic nitrogens is 2. The van der Waals surface area contributed by atoms with Crippen LogP contribution in [0.5, 0.6) is 0 Å². The third kappa shape index (κ3) is 4.60. The second-order valence-corrected chi connectivity index (χ2v) is 6.66.